The van der Waals surface area contributed by atoms with Gasteiger partial charge in [0, 0.05) is 37.9 Å². The molecule has 2 aromatic rings. The largest absolute Gasteiger partial charge is 0.486 e. The molecule has 0 unspecified atom stereocenters. The normalized spacial score (nSPS) is 14.9. The summed E-state index contributed by atoms with van der Waals surface area (Å²) in [6.45, 7) is 7.20. The summed E-state index contributed by atoms with van der Waals surface area (Å²) in [5.41, 5.74) is 2.34. The van der Waals surface area contributed by atoms with E-state index in [4.69, 9.17) is 21.1 Å². The van der Waals surface area contributed by atoms with Gasteiger partial charge in [0.25, 0.3) is 0 Å². The monoisotopic (exact) mass is 349 g/mol. The molecule has 0 aliphatic carbocycles. The Morgan fingerprint density at radius 3 is 2.79 bits per heavy atom. The average Bonchev–Trinajstić information content (AvgIpc) is 2.97. The van der Waals surface area contributed by atoms with Crippen LogP contribution in [-0.2, 0) is 13.6 Å². The predicted octanol–water partition coefficient (Wildman–Crippen LogP) is 3.37. The van der Waals surface area contributed by atoms with E-state index in [1.807, 2.05) is 30.1 Å². The summed E-state index contributed by atoms with van der Waals surface area (Å²) in [7, 11) is 1.99. The molecule has 0 saturated heterocycles. The molecule has 2 heterocycles. The van der Waals surface area contributed by atoms with Gasteiger partial charge in [0.2, 0.25) is 0 Å². The molecule has 0 amide bonds. The Labute approximate surface area is 147 Å². The first-order valence-electron chi connectivity index (χ1n) is 8.33. The maximum absolute atomic E-state index is 6.30. The van der Waals surface area contributed by atoms with Crippen molar-refractivity contribution in [2.24, 2.45) is 13.0 Å². The Morgan fingerprint density at radius 1 is 1.29 bits per heavy atom. The lowest BCUT2D eigenvalue weighted by Gasteiger charge is -2.23. The zero-order chi connectivity index (χ0) is 17.1. The van der Waals surface area contributed by atoms with Gasteiger partial charge in [0.15, 0.2) is 11.5 Å². The number of halogens is 1. The van der Waals surface area contributed by atoms with Crippen molar-refractivity contribution in [3.05, 3.63) is 40.7 Å². The van der Waals surface area contributed by atoms with E-state index in [1.165, 1.54) is 5.69 Å². The molecule has 0 bridgehead atoms. The second kappa shape index (κ2) is 7.45. The third kappa shape index (κ3) is 3.68. The minimum absolute atomic E-state index is 0.408. The molecule has 1 aromatic heterocycles. The van der Waals surface area contributed by atoms with Crippen LogP contribution in [0.3, 0.4) is 0 Å². The minimum atomic E-state index is 0.408. The first-order valence-corrected chi connectivity index (χ1v) is 8.70. The summed E-state index contributed by atoms with van der Waals surface area (Å²) in [6.07, 6.45) is 1.85. The van der Waals surface area contributed by atoms with Crippen molar-refractivity contribution in [1.29, 1.82) is 0 Å². The molecule has 130 valence electrons. The Balaban J connectivity index is 1.65. The van der Waals surface area contributed by atoms with E-state index in [9.17, 15) is 0 Å². The van der Waals surface area contributed by atoms with Crippen LogP contribution in [0.5, 0.6) is 11.5 Å². The van der Waals surface area contributed by atoms with Gasteiger partial charge >= 0.3 is 0 Å². The van der Waals surface area contributed by atoms with Crippen molar-refractivity contribution in [1.82, 2.24) is 15.1 Å². The van der Waals surface area contributed by atoms with E-state index in [0.29, 0.717) is 35.8 Å². The lowest BCUT2D eigenvalue weighted by Crippen LogP contribution is -2.26. The highest BCUT2D eigenvalue weighted by Gasteiger charge is 2.19. The third-order valence-corrected chi connectivity index (χ3v) is 4.67. The number of hydrogen-bond donors (Lipinski definition) is 1. The smallest absolute Gasteiger partial charge is 0.179 e. The Bertz CT molecular complexity index is 700. The van der Waals surface area contributed by atoms with Crippen LogP contribution in [0, 0.1) is 5.92 Å². The molecule has 1 aliphatic rings. The van der Waals surface area contributed by atoms with E-state index in [0.717, 1.165) is 24.4 Å². The zero-order valence-corrected chi connectivity index (χ0v) is 15.1. The number of nitrogens with one attached hydrogen (secondary N) is 1. The summed E-state index contributed by atoms with van der Waals surface area (Å²) in [6, 6.07) is 6.03. The van der Waals surface area contributed by atoms with Crippen molar-refractivity contribution in [3.8, 4) is 11.5 Å². The number of aromatic nitrogens is 2. The summed E-state index contributed by atoms with van der Waals surface area (Å²) < 4.78 is 13.1. The highest BCUT2D eigenvalue weighted by molar-refractivity contribution is 6.32. The van der Waals surface area contributed by atoms with E-state index in [2.05, 4.69) is 30.3 Å². The molecule has 0 fully saturated rings. The molecule has 0 saturated carbocycles. The Morgan fingerprint density at radius 2 is 2.08 bits per heavy atom. The van der Waals surface area contributed by atoms with Gasteiger partial charge in [-0.1, -0.05) is 25.4 Å². The van der Waals surface area contributed by atoms with Gasteiger partial charge in [-0.2, -0.15) is 5.10 Å². The van der Waals surface area contributed by atoms with Crippen LogP contribution in [0.1, 0.15) is 31.0 Å². The molecule has 3 rings (SSSR count). The van der Waals surface area contributed by atoms with Crippen LogP contribution in [0.15, 0.2) is 24.4 Å². The third-order valence-electron chi connectivity index (χ3n) is 4.39. The first kappa shape index (κ1) is 17.1. The number of benzene rings is 1. The summed E-state index contributed by atoms with van der Waals surface area (Å²) in [5, 5.41) is 8.43. The molecule has 6 heteroatoms. The van der Waals surface area contributed by atoms with Crippen LogP contribution in [0.4, 0.5) is 0 Å². The molecule has 0 spiro atoms. The van der Waals surface area contributed by atoms with Crippen molar-refractivity contribution >= 4 is 11.6 Å². The summed E-state index contributed by atoms with van der Waals surface area (Å²) >= 11 is 6.30. The molecule has 5 nitrogen and oxygen atoms in total. The van der Waals surface area contributed by atoms with E-state index in [-0.39, 0.29) is 0 Å². The molecule has 1 aliphatic heterocycles. The van der Waals surface area contributed by atoms with Crippen LogP contribution in [-0.4, -0.2) is 29.5 Å². The highest BCUT2D eigenvalue weighted by atomic mass is 35.5. The van der Waals surface area contributed by atoms with Crippen LogP contribution < -0.4 is 14.8 Å². The standard InChI is InChI=1S/C18H24ClN3O2/c1-12(2)14(16-4-5-21-22(16)3)11-20-10-13-8-15(19)18-17(9-13)23-6-7-24-18/h4-5,8-9,12,14,20H,6-7,10-11H2,1-3H3/t14-/m1/s1. The molecule has 0 radical (unpaired) electrons. The van der Waals surface area contributed by atoms with Crippen molar-refractivity contribution in [2.75, 3.05) is 19.8 Å². The zero-order valence-electron chi connectivity index (χ0n) is 14.4. The number of nitrogens with zero attached hydrogens (tertiary/aromatic N) is 2. The number of hydrogen-bond acceptors (Lipinski definition) is 4. The van der Waals surface area contributed by atoms with E-state index < -0.39 is 0 Å². The summed E-state index contributed by atoms with van der Waals surface area (Å²) in [4.78, 5) is 0. The van der Waals surface area contributed by atoms with Gasteiger partial charge in [-0.3, -0.25) is 4.68 Å². The number of ether oxygens (including phenoxy) is 2. The van der Waals surface area contributed by atoms with Gasteiger partial charge in [-0.25, -0.2) is 0 Å². The maximum atomic E-state index is 6.30. The number of aryl methyl sites for hydroxylation is 1. The minimum Gasteiger partial charge on any atom is -0.486 e. The fraction of sp³-hybridized carbons (Fsp3) is 0.500. The van der Waals surface area contributed by atoms with Crippen molar-refractivity contribution in [3.63, 3.8) is 0 Å². The van der Waals surface area contributed by atoms with Crippen LogP contribution in [0.25, 0.3) is 0 Å². The second-order valence-corrected chi connectivity index (χ2v) is 6.87. The van der Waals surface area contributed by atoms with Gasteiger partial charge < -0.3 is 14.8 Å². The SMILES string of the molecule is CC(C)[C@@H](CNCc1cc(Cl)c2c(c1)OCCO2)c1ccnn1C. The highest BCUT2D eigenvalue weighted by Crippen LogP contribution is 2.38. The van der Waals surface area contributed by atoms with Gasteiger partial charge in [0.05, 0.1) is 5.02 Å². The fourth-order valence-electron chi connectivity index (χ4n) is 3.07. The summed E-state index contributed by atoms with van der Waals surface area (Å²) in [5.74, 6) is 2.32. The van der Waals surface area contributed by atoms with Gasteiger partial charge in [-0.05, 0) is 29.7 Å². The van der Waals surface area contributed by atoms with Crippen LogP contribution in [0.2, 0.25) is 5.02 Å². The molecule has 1 aromatic carbocycles. The first-order chi connectivity index (χ1) is 11.6. The topological polar surface area (TPSA) is 48.3 Å². The average molecular weight is 350 g/mol. The molecular formula is C18H24ClN3O2. The molecular weight excluding hydrogens is 326 g/mol. The number of fused-ring (bicyclic) bond motifs is 1. The maximum Gasteiger partial charge on any atom is 0.179 e. The quantitative estimate of drug-likeness (QED) is 0.868. The molecule has 1 atom stereocenters. The van der Waals surface area contributed by atoms with Gasteiger partial charge in [0.1, 0.15) is 13.2 Å². The predicted molar refractivity (Wildman–Crippen MR) is 94.9 cm³/mol. The lowest BCUT2D eigenvalue weighted by atomic mass is 9.92. The van der Waals surface area contributed by atoms with Crippen molar-refractivity contribution < 1.29 is 9.47 Å². The van der Waals surface area contributed by atoms with Crippen molar-refractivity contribution in [2.45, 2.75) is 26.3 Å². The second-order valence-electron chi connectivity index (χ2n) is 6.46. The Kier molecular flexibility index (Phi) is 5.31. The Hall–Kier alpha value is -1.72. The van der Waals surface area contributed by atoms with E-state index >= 15 is 0 Å². The number of rotatable bonds is 6. The van der Waals surface area contributed by atoms with E-state index in [1.54, 1.807) is 0 Å². The molecule has 1 N–H and O–H groups in total. The molecule has 24 heavy (non-hydrogen) atoms. The van der Waals surface area contributed by atoms with Gasteiger partial charge in [-0.15, -0.1) is 0 Å². The lowest BCUT2D eigenvalue weighted by molar-refractivity contribution is 0.171. The van der Waals surface area contributed by atoms with Crippen LogP contribution >= 0.6 is 11.6 Å². The fourth-order valence-corrected chi connectivity index (χ4v) is 3.36.